The van der Waals surface area contributed by atoms with Gasteiger partial charge in [-0.1, -0.05) is 29.8 Å². The van der Waals surface area contributed by atoms with Crippen molar-refractivity contribution in [1.82, 2.24) is 4.90 Å². The molecule has 1 amide bonds. The molecule has 1 saturated heterocycles. The highest BCUT2D eigenvalue weighted by Crippen LogP contribution is 2.36. The first-order valence-electron chi connectivity index (χ1n) is 6.39. The van der Waals surface area contributed by atoms with Crippen molar-refractivity contribution in [2.45, 2.75) is 31.5 Å². The Morgan fingerprint density at radius 3 is 2.52 bits per heavy atom. The minimum absolute atomic E-state index is 0.197. The highest BCUT2D eigenvalue weighted by atomic mass is 19.4. The Morgan fingerprint density at radius 2 is 2.00 bits per heavy atom. The Kier molecular flexibility index (Phi) is 3.93. The molecule has 1 aliphatic rings. The molecule has 2 atom stereocenters. The van der Waals surface area contributed by atoms with Crippen LogP contribution >= 0.6 is 0 Å². The van der Waals surface area contributed by atoms with E-state index in [0.29, 0.717) is 10.5 Å². The van der Waals surface area contributed by atoms with Crippen molar-refractivity contribution in [2.75, 3.05) is 6.54 Å². The fourth-order valence-corrected chi connectivity index (χ4v) is 2.74. The van der Waals surface area contributed by atoms with Crippen molar-refractivity contribution in [1.29, 1.82) is 0 Å². The van der Waals surface area contributed by atoms with Gasteiger partial charge in [0.25, 0.3) is 0 Å². The summed E-state index contributed by atoms with van der Waals surface area (Å²) in [5.74, 6) is -4.14. The number of carboxylic acids is 1. The van der Waals surface area contributed by atoms with Crippen LogP contribution in [0.1, 0.15) is 23.5 Å². The molecule has 1 N–H and O–H groups in total. The summed E-state index contributed by atoms with van der Waals surface area (Å²) in [6.45, 7) is 1.60. The van der Waals surface area contributed by atoms with Gasteiger partial charge in [-0.2, -0.15) is 13.2 Å². The first kappa shape index (κ1) is 15.3. The number of rotatable bonds is 2. The standard InChI is InChI=1S/C14H14F3NO3/c1-8-3-2-4-9(7-8)10-5-6-18(11(10)12(19)20)13(21)14(15,16)17/h2-4,7,10-11H,5-6H2,1H3,(H,19,20). The van der Waals surface area contributed by atoms with E-state index >= 15 is 0 Å². The molecule has 7 heteroatoms. The third-order valence-electron chi connectivity index (χ3n) is 3.62. The molecule has 0 aromatic heterocycles. The number of hydrogen-bond donors (Lipinski definition) is 1. The number of carboxylic acid groups (broad SMARTS) is 1. The summed E-state index contributed by atoms with van der Waals surface area (Å²) in [5, 5.41) is 9.24. The summed E-state index contributed by atoms with van der Waals surface area (Å²) in [4.78, 5) is 23.1. The zero-order valence-corrected chi connectivity index (χ0v) is 11.2. The third-order valence-corrected chi connectivity index (χ3v) is 3.62. The van der Waals surface area contributed by atoms with Crippen LogP contribution in [0.15, 0.2) is 24.3 Å². The summed E-state index contributed by atoms with van der Waals surface area (Å²) in [7, 11) is 0. The van der Waals surface area contributed by atoms with Gasteiger partial charge in [-0.05, 0) is 18.9 Å². The molecule has 1 fully saturated rings. The first-order valence-corrected chi connectivity index (χ1v) is 6.39. The van der Waals surface area contributed by atoms with Gasteiger partial charge >= 0.3 is 18.1 Å². The zero-order valence-electron chi connectivity index (χ0n) is 11.2. The average Bonchev–Trinajstić information content (AvgIpc) is 2.81. The quantitative estimate of drug-likeness (QED) is 0.912. The molecule has 1 aromatic rings. The molecule has 0 radical (unpaired) electrons. The van der Waals surface area contributed by atoms with E-state index in [0.717, 1.165) is 5.56 Å². The maximum absolute atomic E-state index is 12.5. The molecule has 0 saturated carbocycles. The Labute approximate surface area is 119 Å². The second kappa shape index (κ2) is 5.38. The minimum atomic E-state index is -5.06. The molecular formula is C14H14F3NO3. The van der Waals surface area contributed by atoms with Crippen molar-refractivity contribution in [3.05, 3.63) is 35.4 Å². The average molecular weight is 301 g/mol. The van der Waals surface area contributed by atoms with Gasteiger partial charge in [0.2, 0.25) is 0 Å². The summed E-state index contributed by atoms with van der Waals surface area (Å²) < 4.78 is 37.6. The molecule has 0 aliphatic carbocycles. The van der Waals surface area contributed by atoms with E-state index in [1.807, 2.05) is 13.0 Å². The van der Waals surface area contributed by atoms with Crippen LogP contribution in [0.25, 0.3) is 0 Å². The van der Waals surface area contributed by atoms with E-state index in [2.05, 4.69) is 0 Å². The van der Waals surface area contributed by atoms with Gasteiger partial charge < -0.3 is 10.0 Å². The summed E-state index contributed by atoms with van der Waals surface area (Å²) in [5.41, 5.74) is 1.53. The molecule has 2 unspecified atom stereocenters. The Balaban J connectivity index is 2.34. The molecule has 0 bridgehead atoms. The second-order valence-corrected chi connectivity index (χ2v) is 5.09. The molecule has 1 aromatic carbocycles. The summed E-state index contributed by atoms with van der Waals surface area (Å²) in [6.07, 6.45) is -4.86. The zero-order chi connectivity index (χ0) is 15.8. The van der Waals surface area contributed by atoms with Gasteiger partial charge in [0.15, 0.2) is 0 Å². The highest BCUT2D eigenvalue weighted by Gasteiger charge is 2.51. The van der Waals surface area contributed by atoms with Gasteiger partial charge in [0.05, 0.1) is 0 Å². The van der Waals surface area contributed by atoms with Crippen LogP contribution in [0.3, 0.4) is 0 Å². The van der Waals surface area contributed by atoms with Crippen molar-refractivity contribution >= 4 is 11.9 Å². The Morgan fingerprint density at radius 1 is 1.33 bits per heavy atom. The number of nitrogens with zero attached hydrogens (tertiary/aromatic N) is 1. The van der Waals surface area contributed by atoms with E-state index in [-0.39, 0.29) is 13.0 Å². The van der Waals surface area contributed by atoms with E-state index < -0.39 is 30.0 Å². The number of amides is 1. The van der Waals surface area contributed by atoms with Crippen LogP contribution < -0.4 is 0 Å². The number of halogens is 3. The van der Waals surface area contributed by atoms with Crippen LogP contribution in [0.4, 0.5) is 13.2 Å². The number of carbonyl (C=O) groups is 2. The third kappa shape index (κ3) is 3.01. The molecule has 21 heavy (non-hydrogen) atoms. The lowest BCUT2D eigenvalue weighted by Gasteiger charge is -2.25. The van der Waals surface area contributed by atoms with Crippen molar-refractivity contribution in [3.63, 3.8) is 0 Å². The lowest BCUT2D eigenvalue weighted by molar-refractivity contribution is -0.188. The SMILES string of the molecule is Cc1cccc(C2CCN(C(=O)C(F)(F)F)C2C(=O)O)c1. The fourth-order valence-electron chi connectivity index (χ4n) is 2.74. The molecule has 0 spiro atoms. The maximum atomic E-state index is 12.5. The summed E-state index contributed by atoms with van der Waals surface area (Å²) >= 11 is 0. The van der Waals surface area contributed by atoms with Crippen molar-refractivity contribution in [3.8, 4) is 0 Å². The smallest absolute Gasteiger partial charge is 0.471 e. The number of aryl methyl sites for hydroxylation is 1. The van der Waals surface area contributed by atoms with Crippen LogP contribution in [-0.4, -0.2) is 40.6 Å². The van der Waals surface area contributed by atoms with Crippen LogP contribution in [0, 0.1) is 6.92 Å². The van der Waals surface area contributed by atoms with Crippen LogP contribution in [0.2, 0.25) is 0 Å². The second-order valence-electron chi connectivity index (χ2n) is 5.09. The Bertz CT molecular complexity index is 571. The number of hydrogen-bond acceptors (Lipinski definition) is 2. The molecule has 1 heterocycles. The molecule has 4 nitrogen and oxygen atoms in total. The number of alkyl halides is 3. The summed E-state index contributed by atoms with van der Waals surface area (Å²) in [6, 6.07) is 5.46. The molecule has 114 valence electrons. The van der Waals surface area contributed by atoms with Crippen LogP contribution in [0.5, 0.6) is 0 Å². The number of likely N-dealkylation sites (tertiary alicyclic amines) is 1. The predicted molar refractivity (Wildman–Crippen MR) is 67.7 cm³/mol. The van der Waals surface area contributed by atoms with Gasteiger partial charge in [-0.15, -0.1) is 0 Å². The molecular weight excluding hydrogens is 287 g/mol. The maximum Gasteiger partial charge on any atom is 0.471 e. The van der Waals surface area contributed by atoms with Crippen LogP contribution in [-0.2, 0) is 9.59 Å². The first-order chi connectivity index (χ1) is 9.71. The lowest BCUT2D eigenvalue weighted by atomic mass is 9.91. The number of aliphatic carboxylic acids is 1. The normalized spacial score (nSPS) is 22.4. The van der Waals surface area contributed by atoms with Gasteiger partial charge in [-0.25, -0.2) is 4.79 Å². The fraction of sp³-hybridized carbons (Fsp3) is 0.429. The van der Waals surface area contributed by atoms with E-state index in [1.54, 1.807) is 18.2 Å². The van der Waals surface area contributed by atoms with Gasteiger partial charge in [0, 0.05) is 12.5 Å². The minimum Gasteiger partial charge on any atom is -0.480 e. The highest BCUT2D eigenvalue weighted by molar-refractivity contribution is 5.88. The largest absolute Gasteiger partial charge is 0.480 e. The number of carbonyl (C=O) groups excluding carboxylic acids is 1. The topological polar surface area (TPSA) is 57.6 Å². The van der Waals surface area contributed by atoms with Gasteiger partial charge in [-0.3, -0.25) is 4.79 Å². The van der Waals surface area contributed by atoms with E-state index in [4.69, 9.17) is 0 Å². The Hall–Kier alpha value is -2.05. The monoisotopic (exact) mass is 301 g/mol. The van der Waals surface area contributed by atoms with E-state index in [9.17, 15) is 27.9 Å². The predicted octanol–water partition coefficient (Wildman–Crippen LogP) is 2.33. The van der Waals surface area contributed by atoms with Crippen molar-refractivity contribution in [2.24, 2.45) is 0 Å². The molecule has 2 rings (SSSR count). The lowest BCUT2D eigenvalue weighted by Crippen LogP contribution is -2.48. The van der Waals surface area contributed by atoms with Crippen molar-refractivity contribution < 1.29 is 27.9 Å². The van der Waals surface area contributed by atoms with E-state index in [1.165, 1.54) is 0 Å². The molecule has 1 aliphatic heterocycles. The van der Waals surface area contributed by atoms with Gasteiger partial charge in [0.1, 0.15) is 6.04 Å². The number of benzene rings is 1.